The van der Waals surface area contributed by atoms with Crippen molar-refractivity contribution in [3.8, 4) is 5.88 Å². The fraction of sp³-hybridized carbons (Fsp3) is 0.350. The summed E-state index contributed by atoms with van der Waals surface area (Å²) in [4.78, 5) is 23.5. The van der Waals surface area contributed by atoms with E-state index in [1.54, 1.807) is 18.3 Å². The first kappa shape index (κ1) is 16.6. The van der Waals surface area contributed by atoms with Crippen molar-refractivity contribution in [2.24, 2.45) is 0 Å². The van der Waals surface area contributed by atoms with Crippen LogP contribution in [0.4, 0.5) is 0 Å². The number of hydrogen-bond acceptors (Lipinski definition) is 5. The number of pyridine rings is 1. The van der Waals surface area contributed by atoms with Crippen LogP contribution in [0.5, 0.6) is 5.88 Å². The number of likely N-dealkylation sites (tertiary alicyclic amines) is 1. The third-order valence-corrected chi connectivity index (χ3v) is 4.72. The van der Waals surface area contributed by atoms with Crippen molar-refractivity contribution in [1.82, 2.24) is 14.9 Å². The van der Waals surface area contributed by atoms with Gasteiger partial charge >= 0.3 is 0 Å². The van der Waals surface area contributed by atoms with Crippen LogP contribution in [-0.2, 0) is 0 Å². The smallest absolute Gasteiger partial charge is 0.259 e. The molecule has 1 aliphatic rings. The fourth-order valence-corrected chi connectivity index (χ4v) is 3.37. The molecule has 0 N–H and O–H groups in total. The summed E-state index contributed by atoms with van der Waals surface area (Å²) < 4.78 is 11.4. The summed E-state index contributed by atoms with van der Waals surface area (Å²) in [5.41, 5.74) is 2.23. The van der Waals surface area contributed by atoms with Gasteiger partial charge in [0.25, 0.3) is 5.91 Å². The SMILES string of the molecule is CCOc1ncccc1C(=O)N1CCC(c2nc3ccccc3o2)CC1. The molecule has 1 amide bonds. The minimum absolute atomic E-state index is 0.0300. The summed E-state index contributed by atoms with van der Waals surface area (Å²) in [5, 5.41) is 0. The topological polar surface area (TPSA) is 68.5 Å². The number of para-hydroxylation sites is 2. The first-order valence-corrected chi connectivity index (χ1v) is 8.99. The zero-order valence-corrected chi connectivity index (χ0v) is 14.7. The molecule has 3 aromatic rings. The Morgan fingerprint density at radius 2 is 2.04 bits per heavy atom. The van der Waals surface area contributed by atoms with Gasteiger partial charge < -0.3 is 14.1 Å². The van der Waals surface area contributed by atoms with Crippen LogP contribution in [0.1, 0.15) is 41.9 Å². The van der Waals surface area contributed by atoms with Gasteiger partial charge in [-0.25, -0.2) is 9.97 Å². The number of carbonyl (C=O) groups is 1. The summed E-state index contributed by atoms with van der Waals surface area (Å²) in [6, 6.07) is 11.3. The average molecular weight is 351 g/mol. The molecule has 3 heterocycles. The Labute approximate surface area is 151 Å². The number of amides is 1. The standard InChI is InChI=1S/C20H21N3O3/c1-2-25-19-15(6-5-11-21-19)20(24)23-12-9-14(10-13-23)18-22-16-7-3-4-8-17(16)26-18/h3-8,11,14H,2,9-10,12-13H2,1H3. The van der Waals surface area contributed by atoms with Gasteiger partial charge in [-0.15, -0.1) is 0 Å². The van der Waals surface area contributed by atoms with Crippen LogP contribution in [0.25, 0.3) is 11.1 Å². The number of fused-ring (bicyclic) bond motifs is 1. The molecule has 0 aliphatic carbocycles. The summed E-state index contributed by atoms with van der Waals surface area (Å²) in [6.45, 7) is 3.71. The lowest BCUT2D eigenvalue weighted by Gasteiger charge is -2.30. The summed E-state index contributed by atoms with van der Waals surface area (Å²) in [5.74, 6) is 1.39. The number of ether oxygens (including phenoxy) is 1. The van der Waals surface area contributed by atoms with Gasteiger partial charge in [0.1, 0.15) is 11.1 Å². The highest BCUT2D eigenvalue weighted by molar-refractivity contribution is 5.96. The maximum atomic E-state index is 12.8. The van der Waals surface area contributed by atoms with Crippen LogP contribution in [0.15, 0.2) is 47.0 Å². The fourth-order valence-electron chi connectivity index (χ4n) is 3.37. The van der Waals surface area contributed by atoms with E-state index in [2.05, 4.69) is 9.97 Å². The minimum atomic E-state index is -0.0300. The molecule has 6 nitrogen and oxygen atoms in total. The van der Waals surface area contributed by atoms with Crippen molar-refractivity contribution in [2.45, 2.75) is 25.7 Å². The number of aromatic nitrogens is 2. The molecule has 26 heavy (non-hydrogen) atoms. The number of hydrogen-bond donors (Lipinski definition) is 0. The Morgan fingerprint density at radius 1 is 1.23 bits per heavy atom. The second-order valence-electron chi connectivity index (χ2n) is 6.38. The average Bonchev–Trinajstić information content (AvgIpc) is 3.12. The third-order valence-electron chi connectivity index (χ3n) is 4.72. The number of piperidine rings is 1. The van der Waals surface area contributed by atoms with Gasteiger partial charge in [0.15, 0.2) is 11.5 Å². The van der Waals surface area contributed by atoms with E-state index >= 15 is 0 Å². The number of carbonyl (C=O) groups excluding carboxylic acids is 1. The first-order chi connectivity index (χ1) is 12.8. The van der Waals surface area contributed by atoms with Crippen LogP contribution in [0.2, 0.25) is 0 Å². The number of rotatable bonds is 4. The molecule has 0 radical (unpaired) electrons. The highest BCUT2D eigenvalue weighted by Crippen LogP contribution is 2.31. The van der Waals surface area contributed by atoms with Gasteiger partial charge in [-0.2, -0.15) is 0 Å². The van der Waals surface area contributed by atoms with E-state index in [1.165, 1.54) is 0 Å². The Morgan fingerprint density at radius 3 is 2.81 bits per heavy atom. The predicted octanol–water partition coefficient (Wildman–Crippen LogP) is 3.64. The zero-order chi connectivity index (χ0) is 17.9. The van der Waals surface area contributed by atoms with Gasteiger partial charge in [-0.1, -0.05) is 12.1 Å². The molecular weight excluding hydrogens is 330 g/mol. The molecule has 134 valence electrons. The third kappa shape index (κ3) is 3.14. The van der Waals surface area contributed by atoms with E-state index in [1.807, 2.05) is 36.1 Å². The van der Waals surface area contributed by atoms with Crippen molar-refractivity contribution in [3.63, 3.8) is 0 Å². The Kier molecular flexibility index (Phi) is 4.56. The number of oxazole rings is 1. The van der Waals surface area contributed by atoms with Crippen LogP contribution in [0.3, 0.4) is 0 Å². The lowest BCUT2D eigenvalue weighted by Crippen LogP contribution is -2.38. The van der Waals surface area contributed by atoms with E-state index in [0.717, 1.165) is 29.8 Å². The molecule has 6 heteroatoms. The second kappa shape index (κ2) is 7.15. The lowest BCUT2D eigenvalue weighted by molar-refractivity contribution is 0.0701. The molecule has 1 saturated heterocycles. The van der Waals surface area contributed by atoms with Gasteiger partial charge in [0.05, 0.1) is 6.61 Å². The quantitative estimate of drug-likeness (QED) is 0.718. The monoisotopic (exact) mass is 351 g/mol. The number of benzene rings is 1. The highest BCUT2D eigenvalue weighted by atomic mass is 16.5. The Balaban J connectivity index is 1.45. The Bertz CT molecular complexity index is 880. The van der Waals surface area contributed by atoms with Crippen molar-refractivity contribution < 1.29 is 13.9 Å². The van der Waals surface area contributed by atoms with Gasteiger partial charge in [0, 0.05) is 25.2 Å². The molecule has 0 unspecified atom stereocenters. The molecule has 0 bridgehead atoms. The van der Waals surface area contributed by atoms with E-state index in [0.29, 0.717) is 31.1 Å². The summed E-state index contributed by atoms with van der Waals surface area (Å²) in [6.07, 6.45) is 3.31. The maximum absolute atomic E-state index is 12.8. The molecule has 1 fully saturated rings. The van der Waals surface area contributed by atoms with Crippen molar-refractivity contribution >= 4 is 17.0 Å². The molecule has 0 saturated carbocycles. The maximum Gasteiger partial charge on any atom is 0.259 e. The molecule has 4 rings (SSSR count). The highest BCUT2D eigenvalue weighted by Gasteiger charge is 2.29. The lowest BCUT2D eigenvalue weighted by atomic mass is 9.96. The van der Waals surface area contributed by atoms with Gasteiger partial charge in [-0.05, 0) is 44.0 Å². The molecular formula is C20H21N3O3. The van der Waals surface area contributed by atoms with Crippen LogP contribution >= 0.6 is 0 Å². The van der Waals surface area contributed by atoms with Crippen molar-refractivity contribution in [3.05, 3.63) is 54.0 Å². The van der Waals surface area contributed by atoms with Gasteiger partial charge in [-0.3, -0.25) is 4.79 Å². The minimum Gasteiger partial charge on any atom is -0.477 e. The van der Waals surface area contributed by atoms with Crippen molar-refractivity contribution in [2.75, 3.05) is 19.7 Å². The first-order valence-electron chi connectivity index (χ1n) is 8.99. The normalized spacial score (nSPS) is 15.3. The van der Waals surface area contributed by atoms with E-state index in [9.17, 15) is 4.79 Å². The van der Waals surface area contributed by atoms with Crippen molar-refractivity contribution in [1.29, 1.82) is 0 Å². The second-order valence-corrected chi connectivity index (χ2v) is 6.38. The van der Waals surface area contributed by atoms with E-state index in [4.69, 9.17) is 9.15 Å². The summed E-state index contributed by atoms with van der Waals surface area (Å²) in [7, 11) is 0. The van der Waals surface area contributed by atoms with E-state index < -0.39 is 0 Å². The predicted molar refractivity (Wildman–Crippen MR) is 97.3 cm³/mol. The molecule has 1 aliphatic heterocycles. The van der Waals surface area contributed by atoms with Crippen LogP contribution in [-0.4, -0.2) is 40.5 Å². The van der Waals surface area contributed by atoms with Crippen LogP contribution < -0.4 is 4.74 Å². The zero-order valence-electron chi connectivity index (χ0n) is 14.7. The molecule has 1 aromatic carbocycles. The molecule has 0 spiro atoms. The Hall–Kier alpha value is -2.89. The van der Waals surface area contributed by atoms with Gasteiger partial charge in [0.2, 0.25) is 5.88 Å². The van der Waals surface area contributed by atoms with Crippen LogP contribution in [0, 0.1) is 0 Å². The number of nitrogens with zero attached hydrogens (tertiary/aromatic N) is 3. The van der Waals surface area contributed by atoms with E-state index in [-0.39, 0.29) is 11.8 Å². The molecule has 2 aromatic heterocycles. The largest absolute Gasteiger partial charge is 0.477 e. The molecule has 0 atom stereocenters. The summed E-state index contributed by atoms with van der Waals surface area (Å²) >= 11 is 0.